The molecule has 2 aliphatic carbocycles. The molecule has 25 heavy (non-hydrogen) atoms. The van der Waals surface area contributed by atoms with E-state index < -0.39 is 0 Å². The number of fused-ring (bicyclic) bond motifs is 1. The zero-order valence-electron chi connectivity index (χ0n) is 15.9. The third kappa shape index (κ3) is 3.17. The molecule has 1 fully saturated rings. The van der Waals surface area contributed by atoms with Gasteiger partial charge in [-0.25, -0.2) is 0 Å². The van der Waals surface area contributed by atoms with Crippen LogP contribution in [0.3, 0.4) is 0 Å². The van der Waals surface area contributed by atoms with Gasteiger partial charge in [0.2, 0.25) is 0 Å². The lowest BCUT2D eigenvalue weighted by atomic mass is 9.80. The van der Waals surface area contributed by atoms with Gasteiger partial charge in [0.15, 0.2) is 5.78 Å². The van der Waals surface area contributed by atoms with E-state index in [1.807, 2.05) is 27.7 Å². The molecule has 1 aromatic carbocycles. The van der Waals surface area contributed by atoms with Gasteiger partial charge in [-0.3, -0.25) is 9.59 Å². The van der Waals surface area contributed by atoms with E-state index in [0.29, 0.717) is 11.3 Å². The zero-order chi connectivity index (χ0) is 18.3. The summed E-state index contributed by atoms with van der Waals surface area (Å²) in [6.45, 7) is 9.81. The highest BCUT2D eigenvalue weighted by Crippen LogP contribution is 2.48. The van der Waals surface area contributed by atoms with E-state index in [1.165, 1.54) is 5.56 Å². The number of benzene rings is 1. The Kier molecular flexibility index (Phi) is 4.86. The third-order valence-electron chi connectivity index (χ3n) is 5.54. The molecule has 2 atom stereocenters. The van der Waals surface area contributed by atoms with Gasteiger partial charge >= 0.3 is 5.97 Å². The molecule has 0 bridgehead atoms. The van der Waals surface area contributed by atoms with E-state index in [2.05, 4.69) is 19.1 Å². The number of Topliss-reactive ketones (excluding diaryl/α,β-unsaturated/α-hetero) is 1. The second-order valence-electron chi connectivity index (χ2n) is 7.95. The summed E-state index contributed by atoms with van der Waals surface area (Å²) in [6, 6.07) is 4.21. The van der Waals surface area contributed by atoms with Gasteiger partial charge in [0.25, 0.3) is 0 Å². The summed E-state index contributed by atoms with van der Waals surface area (Å²) >= 11 is 0. The van der Waals surface area contributed by atoms with E-state index in [0.717, 1.165) is 42.4 Å². The van der Waals surface area contributed by atoms with Crippen LogP contribution < -0.4 is 0 Å². The Labute approximate surface area is 150 Å². The maximum Gasteiger partial charge on any atom is 0.313 e. The fourth-order valence-electron chi connectivity index (χ4n) is 4.42. The Morgan fingerprint density at radius 3 is 2.16 bits per heavy atom. The molecule has 3 rings (SSSR count). The monoisotopic (exact) mass is 340 g/mol. The molecule has 0 N–H and O–H groups in total. The minimum Gasteiger partial charge on any atom is -0.430 e. The van der Waals surface area contributed by atoms with Crippen LogP contribution in [0.15, 0.2) is 17.9 Å². The summed E-state index contributed by atoms with van der Waals surface area (Å²) in [7, 11) is 0. The van der Waals surface area contributed by atoms with E-state index in [4.69, 9.17) is 4.74 Å². The van der Waals surface area contributed by atoms with Gasteiger partial charge in [-0.15, -0.1) is 0 Å². The van der Waals surface area contributed by atoms with E-state index in [-0.39, 0.29) is 29.5 Å². The van der Waals surface area contributed by atoms with Crippen molar-refractivity contribution in [1.82, 2.24) is 0 Å². The van der Waals surface area contributed by atoms with Crippen LogP contribution in [0.2, 0.25) is 0 Å². The van der Waals surface area contributed by atoms with E-state index in [1.54, 1.807) is 0 Å². The highest BCUT2D eigenvalue weighted by Gasteiger charge is 2.46. The second kappa shape index (κ2) is 6.78. The second-order valence-corrected chi connectivity index (χ2v) is 7.95. The minimum absolute atomic E-state index is 0.0150. The zero-order valence-corrected chi connectivity index (χ0v) is 15.9. The molecule has 0 spiro atoms. The number of hydrogen-bond acceptors (Lipinski definition) is 3. The molecule has 0 saturated heterocycles. The SMILES string of the molecule is Cc1cc(C)c(C2=C(OC(=O)C(C)C)C3CCCCC3C2=O)c(C)c1. The Balaban J connectivity index is 2.16. The predicted molar refractivity (Wildman–Crippen MR) is 99.0 cm³/mol. The molecule has 3 nitrogen and oxygen atoms in total. The van der Waals surface area contributed by atoms with Crippen LogP contribution in [0.5, 0.6) is 0 Å². The van der Waals surface area contributed by atoms with Crippen molar-refractivity contribution in [2.24, 2.45) is 17.8 Å². The molecule has 134 valence electrons. The lowest BCUT2D eigenvalue weighted by Gasteiger charge is -2.25. The fourth-order valence-corrected chi connectivity index (χ4v) is 4.42. The Hall–Kier alpha value is -1.90. The first-order chi connectivity index (χ1) is 11.8. The lowest BCUT2D eigenvalue weighted by molar-refractivity contribution is -0.144. The average Bonchev–Trinajstić information content (AvgIpc) is 2.80. The topological polar surface area (TPSA) is 43.4 Å². The summed E-state index contributed by atoms with van der Waals surface area (Å²) < 4.78 is 5.84. The molecule has 1 saturated carbocycles. The Morgan fingerprint density at radius 2 is 1.60 bits per heavy atom. The lowest BCUT2D eigenvalue weighted by Crippen LogP contribution is -2.23. The summed E-state index contributed by atoms with van der Waals surface area (Å²) in [4.78, 5) is 25.6. The van der Waals surface area contributed by atoms with E-state index >= 15 is 0 Å². The molecule has 0 radical (unpaired) electrons. The van der Waals surface area contributed by atoms with Gasteiger partial charge in [-0.2, -0.15) is 0 Å². The van der Waals surface area contributed by atoms with E-state index in [9.17, 15) is 9.59 Å². The van der Waals surface area contributed by atoms with Crippen molar-refractivity contribution in [2.75, 3.05) is 0 Å². The van der Waals surface area contributed by atoms with Crippen molar-refractivity contribution in [2.45, 2.75) is 60.3 Å². The average molecular weight is 340 g/mol. The van der Waals surface area contributed by atoms with Crippen LogP contribution in [0.25, 0.3) is 5.57 Å². The fraction of sp³-hybridized carbons (Fsp3) is 0.545. The number of aryl methyl sites for hydroxylation is 3. The molecular formula is C22H28O3. The third-order valence-corrected chi connectivity index (χ3v) is 5.54. The highest BCUT2D eigenvalue weighted by atomic mass is 16.5. The van der Waals surface area contributed by atoms with Crippen LogP contribution >= 0.6 is 0 Å². The molecule has 3 heteroatoms. The number of rotatable bonds is 3. The van der Waals surface area contributed by atoms with Crippen molar-refractivity contribution in [3.8, 4) is 0 Å². The highest BCUT2D eigenvalue weighted by molar-refractivity contribution is 6.25. The molecule has 0 amide bonds. The largest absolute Gasteiger partial charge is 0.430 e. The molecule has 2 aliphatic rings. The van der Waals surface area contributed by atoms with Crippen LogP contribution in [-0.2, 0) is 14.3 Å². The van der Waals surface area contributed by atoms with Gasteiger partial charge in [0, 0.05) is 11.8 Å². The smallest absolute Gasteiger partial charge is 0.313 e. The summed E-state index contributed by atoms with van der Waals surface area (Å²) in [5, 5.41) is 0. The minimum atomic E-state index is -0.242. The van der Waals surface area contributed by atoms with Crippen LogP contribution in [0, 0.1) is 38.5 Å². The summed E-state index contributed by atoms with van der Waals surface area (Å²) in [6.07, 6.45) is 4.01. The first kappa shape index (κ1) is 17.9. The van der Waals surface area contributed by atoms with Gasteiger partial charge in [0.05, 0.1) is 11.5 Å². The van der Waals surface area contributed by atoms with Crippen molar-refractivity contribution in [3.05, 3.63) is 40.1 Å². The molecule has 0 heterocycles. The van der Waals surface area contributed by atoms with Crippen molar-refractivity contribution in [3.63, 3.8) is 0 Å². The summed E-state index contributed by atoms with van der Waals surface area (Å²) in [5.41, 5.74) is 4.98. The van der Waals surface area contributed by atoms with Gasteiger partial charge in [-0.05, 0) is 50.3 Å². The van der Waals surface area contributed by atoms with Crippen molar-refractivity contribution >= 4 is 17.3 Å². The van der Waals surface area contributed by atoms with Gasteiger partial charge in [-0.1, -0.05) is 44.4 Å². The molecule has 2 unspecified atom stereocenters. The Morgan fingerprint density at radius 1 is 1.04 bits per heavy atom. The number of ether oxygens (including phenoxy) is 1. The maximum absolute atomic E-state index is 13.2. The quantitative estimate of drug-likeness (QED) is 0.734. The van der Waals surface area contributed by atoms with Crippen LogP contribution in [0.4, 0.5) is 0 Å². The number of allylic oxidation sites excluding steroid dienone is 2. The van der Waals surface area contributed by atoms with Crippen LogP contribution in [-0.4, -0.2) is 11.8 Å². The standard InChI is InChI=1S/C22H28O3/c1-12(2)22(24)25-21-17-9-7-6-8-16(17)20(23)19(21)18-14(4)10-13(3)11-15(18)5/h10-12,16-17H,6-9H2,1-5H3. The van der Waals surface area contributed by atoms with Gasteiger partial charge in [0.1, 0.15) is 5.76 Å². The van der Waals surface area contributed by atoms with Crippen LogP contribution in [0.1, 0.15) is 61.8 Å². The van der Waals surface area contributed by atoms with Crippen molar-refractivity contribution < 1.29 is 14.3 Å². The number of ketones is 1. The summed E-state index contributed by atoms with van der Waals surface area (Å²) in [5.74, 6) is 0.424. The first-order valence-corrected chi connectivity index (χ1v) is 9.39. The first-order valence-electron chi connectivity index (χ1n) is 9.39. The van der Waals surface area contributed by atoms with Gasteiger partial charge < -0.3 is 4.74 Å². The maximum atomic E-state index is 13.2. The molecule has 0 aliphatic heterocycles. The predicted octanol–water partition coefficient (Wildman–Crippen LogP) is 4.91. The van der Waals surface area contributed by atoms with Crippen molar-refractivity contribution in [1.29, 1.82) is 0 Å². The number of hydrogen-bond donors (Lipinski definition) is 0. The molecule has 1 aromatic rings. The Bertz CT molecular complexity index is 732. The number of carbonyl (C=O) groups excluding carboxylic acids is 2. The number of esters is 1. The molecular weight excluding hydrogens is 312 g/mol. The normalized spacial score (nSPS) is 23.2. The molecule has 0 aromatic heterocycles. The number of carbonyl (C=O) groups is 2.